The van der Waals surface area contributed by atoms with E-state index in [1.165, 1.54) is 13.3 Å². The third kappa shape index (κ3) is 1.83. The molecule has 0 aliphatic carbocycles. The number of rotatable bonds is 3. The Hall–Kier alpha value is -2.31. The first-order valence-corrected chi connectivity index (χ1v) is 5.30. The van der Waals surface area contributed by atoms with Gasteiger partial charge in [-0.2, -0.15) is 5.10 Å². The number of carbonyl (C=O) groups is 1. The standard InChI is InChI=1S/C11H12FN3O3/c1-3-15-9-6(5-13-15)7(12)4-8(10(9)18-2)14-11(16)17/h4-5,14H,3H2,1-2H3,(H,16,17). The van der Waals surface area contributed by atoms with Crippen LogP contribution in [0.25, 0.3) is 10.9 Å². The quantitative estimate of drug-likeness (QED) is 0.879. The smallest absolute Gasteiger partial charge is 0.409 e. The molecule has 0 atom stereocenters. The predicted molar refractivity (Wildman–Crippen MR) is 63.6 cm³/mol. The Balaban J connectivity index is 2.75. The van der Waals surface area contributed by atoms with Crippen molar-refractivity contribution < 1.29 is 19.0 Å². The number of anilines is 1. The van der Waals surface area contributed by atoms with Crippen molar-refractivity contribution in [2.75, 3.05) is 12.4 Å². The van der Waals surface area contributed by atoms with Crippen LogP contribution in [-0.2, 0) is 6.54 Å². The van der Waals surface area contributed by atoms with Gasteiger partial charge in [-0.3, -0.25) is 10.00 Å². The van der Waals surface area contributed by atoms with Gasteiger partial charge < -0.3 is 9.84 Å². The molecule has 18 heavy (non-hydrogen) atoms. The largest absolute Gasteiger partial charge is 0.492 e. The van der Waals surface area contributed by atoms with E-state index in [1.54, 1.807) is 4.68 Å². The van der Waals surface area contributed by atoms with Crippen molar-refractivity contribution in [2.24, 2.45) is 0 Å². The van der Waals surface area contributed by atoms with Crippen LogP contribution < -0.4 is 10.1 Å². The van der Waals surface area contributed by atoms with Crippen molar-refractivity contribution in [3.05, 3.63) is 18.1 Å². The zero-order chi connectivity index (χ0) is 13.3. The molecule has 2 N–H and O–H groups in total. The van der Waals surface area contributed by atoms with Crippen molar-refractivity contribution in [2.45, 2.75) is 13.5 Å². The summed E-state index contributed by atoms with van der Waals surface area (Å²) in [7, 11) is 1.40. The second-order valence-electron chi connectivity index (χ2n) is 3.59. The highest BCUT2D eigenvalue weighted by Gasteiger charge is 2.18. The van der Waals surface area contributed by atoms with Gasteiger partial charge in [0.15, 0.2) is 5.75 Å². The lowest BCUT2D eigenvalue weighted by molar-refractivity contribution is 0.209. The number of nitrogens with zero attached hydrogens (tertiary/aromatic N) is 2. The average Bonchev–Trinajstić information content (AvgIpc) is 2.73. The Morgan fingerprint density at radius 3 is 2.94 bits per heavy atom. The van der Waals surface area contributed by atoms with E-state index in [1.807, 2.05) is 6.92 Å². The average molecular weight is 253 g/mol. The predicted octanol–water partition coefficient (Wildman–Crippen LogP) is 2.29. The normalized spacial score (nSPS) is 10.6. The van der Waals surface area contributed by atoms with E-state index in [0.717, 1.165) is 6.07 Å². The second kappa shape index (κ2) is 4.52. The Labute approximate surface area is 102 Å². The molecule has 0 unspecified atom stereocenters. The maximum absolute atomic E-state index is 13.8. The van der Waals surface area contributed by atoms with Crippen LogP contribution in [0.2, 0.25) is 0 Å². The zero-order valence-corrected chi connectivity index (χ0v) is 9.90. The number of methoxy groups -OCH3 is 1. The van der Waals surface area contributed by atoms with E-state index in [2.05, 4.69) is 10.4 Å². The maximum Gasteiger partial charge on any atom is 0.409 e. The van der Waals surface area contributed by atoms with Crippen LogP contribution in [0.4, 0.5) is 14.9 Å². The molecule has 1 aromatic carbocycles. The minimum atomic E-state index is -1.28. The molecule has 96 valence electrons. The first kappa shape index (κ1) is 12.2. The summed E-state index contributed by atoms with van der Waals surface area (Å²) in [5, 5.41) is 15.1. The van der Waals surface area contributed by atoms with E-state index in [4.69, 9.17) is 9.84 Å². The van der Waals surface area contributed by atoms with Crippen LogP contribution in [0, 0.1) is 5.82 Å². The lowest BCUT2D eigenvalue weighted by Gasteiger charge is -2.11. The number of aryl methyl sites for hydroxylation is 1. The highest BCUT2D eigenvalue weighted by Crippen LogP contribution is 2.35. The molecule has 1 amide bonds. The number of ether oxygens (including phenoxy) is 1. The van der Waals surface area contributed by atoms with Gasteiger partial charge in [-0.15, -0.1) is 0 Å². The van der Waals surface area contributed by atoms with Gasteiger partial charge in [0.05, 0.1) is 24.4 Å². The number of aromatic nitrogens is 2. The van der Waals surface area contributed by atoms with Gasteiger partial charge in [0.2, 0.25) is 0 Å². The Morgan fingerprint density at radius 1 is 1.67 bits per heavy atom. The zero-order valence-electron chi connectivity index (χ0n) is 9.90. The van der Waals surface area contributed by atoms with Gasteiger partial charge in [0, 0.05) is 12.6 Å². The molecule has 0 saturated heterocycles. The number of benzene rings is 1. The summed E-state index contributed by atoms with van der Waals surface area (Å²) in [6, 6.07) is 1.08. The monoisotopic (exact) mass is 253 g/mol. The molecular weight excluding hydrogens is 241 g/mol. The minimum absolute atomic E-state index is 0.0604. The highest BCUT2D eigenvalue weighted by atomic mass is 19.1. The number of hydrogen-bond donors (Lipinski definition) is 2. The molecule has 0 fully saturated rings. The lowest BCUT2D eigenvalue weighted by atomic mass is 10.2. The van der Waals surface area contributed by atoms with Crippen LogP contribution in [0.3, 0.4) is 0 Å². The summed E-state index contributed by atoms with van der Waals surface area (Å²) < 4.78 is 20.5. The van der Waals surface area contributed by atoms with Crippen LogP contribution in [-0.4, -0.2) is 28.1 Å². The number of amides is 1. The van der Waals surface area contributed by atoms with Gasteiger partial charge >= 0.3 is 6.09 Å². The molecule has 0 bridgehead atoms. The van der Waals surface area contributed by atoms with E-state index in [-0.39, 0.29) is 11.4 Å². The van der Waals surface area contributed by atoms with Crippen molar-refractivity contribution in [3.63, 3.8) is 0 Å². The van der Waals surface area contributed by atoms with Crippen LogP contribution in [0.1, 0.15) is 6.92 Å². The Kier molecular flexibility index (Phi) is 3.05. The topological polar surface area (TPSA) is 76.4 Å². The second-order valence-corrected chi connectivity index (χ2v) is 3.59. The van der Waals surface area contributed by atoms with Gasteiger partial charge in [0.1, 0.15) is 11.3 Å². The fourth-order valence-corrected chi connectivity index (χ4v) is 1.85. The van der Waals surface area contributed by atoms with Gasteiger partial charge in [-0.25, -0.2) is 9.18 Å². The molecule has 0 aliphatic rings. The van der Waals surface area contributed by atoms with Crippen LogP contribution >= 0.6 is 0 Å². The SMILES string of the molecule is CCn1ncc2c(F)cc(NC(=O)O)c(OC)c21. The molecule has 6 nitrogen and oxygen atoms in total. The fourth-order valence-electron chi connectivity index (χ4n) is 1.85. The number of nitrogens with one attached hydrogen (secondary N) is 1. The molecule has 0 aliphatic heterocycles. The summed E-state index contributed by atoms with van der Waals surface area (Å²) >= 11 is 0. The Morgan fingerprint density at radius 2 is 2.39 bits per heavy atom. The third-order valence-electron chi connectivity index (χ3n) is 2.57. The number of fused-ring (bicyclic) bond motifs is 1. The molecule has 2 aromatic rings. The summed E-state index contributed by atoms with van der Waals surface area (Å²) in [6.07, 6.45) is 0.107. The number of hydrogen-bond acceptors (Lipinski definition) is 3. The summed E-state index contributed by atoms with van der Waals surface area (Å²) in [4.78, 5) is 10.7. The fraction of sp³-hybridized carbons (Fsp3) is 0.273. The molecule has 7 heteroatoms. The summed E-state index contributed by atoms with van der Waals surface area (Å²) in [6.45, 7) is 2.37. The maximum atomic E-state index is 13.8. The number of halogens is 1. The lowest BCUT2D eigenvalue weighted by Crippen LogP contribution is -2.10. The Bertz CT molecular complexity index is 609. The van der Waals surface area contributed by atoms with Gasteiger partial charge in [-0.05, 0) is 6.92 Å². The number of carboxylic acid groups (broad SMARTS) is 1. The molecule has 1 aromatic heterocycles. The first-order valence-electron chi connectivity index (χ1n) is 5.30. The molecular formula is C11H12FN3O3. The van der Waals surface area contributed by atoms with Crippen LogP contribution in [0.5, 0.6) is 5.75 Å². The third-order valence-corrected chi connectivity index (χ3v) is 2.57. The summed E-state index contributed by atoms with van der Waals surface area (Å²) in [5.74, 6) is -0.289. The molecule has 2 rings (SSSR count). The van der Waals surface area contributed by atoms with E-state index < -0.39 is 11.9 Å². The molecule has 0 radical (unpaired) electrons. The highest BCUT2D eigenvalue weighted by molar-refractivity contribution is 5.95. The first-order chi connectivity index (χ1) is 8.58. The van der Waals surface area contributed by atoms with Crippen molar-refractivity contribution in [1.29, 1.82) is 0 Å². The minimum Gasteiger partial charge on any atom is -0.492 e. The van der Waals surface area contributed by atoms with Crippen molar-refractivity contribution in [1.82, 2.24) is 9.78 Å². The van der Waals surface area contributed by atoms with Crippen LogP contribution in [0.15, 0.2) is 12.3 Å². The van der Waals surface area contributed by atoms with Gasteiger partial charge in [0.25, 0.3) is 0 Å². The molecule has 1 heterocycles. The van der Waals surface area contributed by atoms with E-state index in [0.29, 0.717) is 17.4 Å². The van der Waals surface area contributed by atoms with E-state index >= 15 is 0 Å². The van der Waals surface area contributed by atoms with Crippen molar-refractivity contribution >= 4 is 22.7 Å². The van der Waals surface area contributed by atoms with Gasteiger partial charge in [-0.1, -0.05) is 0 Å². The molecule has 0 spiro atoms. The van der Waals surface area contributed by atoms with E-state index in [9.17, 15) is 9.18 Å². The summed E-state index contributed by atoms with van der Waals surface area (Å²) in [5.41, 5.74) is 0.494. The van der Waals surface area contributed by atoms with Crippen molar-refractivity contribution in [3.8, 4) is 5.75 Å². The molecule has 0 saturated carbocycles.